The molecule has 2 aromatic rings. The minimum atomic E-state index is 0.777. The van der Waals surface area contributed by atoms with E-state index < -0.39 is 0 Å². The van der Waals surface area contributed by atoms with Crippen LogP contribution in [0.2, 0.25) is 0 Å². The predicted octanol–water partition coefficient (Wildman–Crippen LogP) is 2.25. The monoisotopic (exact) mass is 308 g/mol. The molecule has 2 rings (SSSR count). The van der Waals surface area contributed by atoms with Crippen molar-refractivity contribution in [3.63, 3.8) is 0 Å². The summed E-state index contributed by atoms with van der Waals surface area (Å²) in [6, 6.07) is 0. The van der Waals surface area contributed by atoms with Gasteiger partial charge in [-0.05, 0) is 27.7 Å². The van der Waals surface area contributed by atoms with E-state index in [4.69, 9.17) is 11.7 Å². The third-order valence-corrected chi connectivity index (χ3v) is 5.50. The Morgan fingerprint density at radius 2 is 1.20 bits per heavy atom. The fourth-order valence-corrected chi connectivity index (χ4v) is 3.82. The highest BCUT2D eigenvalue weighted by atomic mass is 32.1. The number of aryl methyl sites for hydroxylation is 2. The number of hydrogen-bond donors (Lipinski definition) is 2. The van der Waals surface area contributed by atoms with Gasteiger partial charge in [0, 0.05) is 0 Å². The van der Waals surface area contributed by atoms with Gasteiger partial charge in [-0.1, -0.05) is 0 Å². The Bertz CT molecular complexity index is 635. The molecule has 0 aliphatic heterocycles. The maximum absolute atomic E-state index is 5.33. The molecule has 0 atom stereocenters. The normalized spacial score (nSPS) is 13.0. The molecule has 0 fully saturated rings. The molecule has 0 amide bonds. The highest BCUT2D eigenvalue weighted by Gasteiger charge is 2.17. The van der Waals surface area contributed by atoms with E-state index in [0.717, 1.165) is 42.6 Å². The topological polar surface area (TPSA) is 103 Å². The smallest absolute Gasteiger partial charge is 0.153 e. The van der Waals surface area contributed by atoms with Gasteiger partial charge in [0.15, 0.2) is 10.0 Å². The molecule has 8 heteroatoms. The SMILES string of the molecule is C/C(=N/N)c1sc(-c2nc(C)c(/C(C)=N\N)s2)nc1C. The summed E-state index contributed by atoms with van der Waals surface area (Å²) < 4.78 is 0. The first-order chi connectivity index (χ1) is 9.47. The van der Waals surface area contributed by atoms with Crippen molar-refractivity contribution in [3.05, 3.63) is 21.1 Å². The van der Waals surface area contributed by atoms with Crippen LogP contribution >= 0.6 is 22.7 Å². The summed E-state index contributed by atoms with van der Waals surface area (Å²) in [6.07, 6.45) is 0. The van der Waals surface area contributed by atoms with Crippen molar-refractivity contribution < 1.29 is 0 Å². The van der Waals surface area contributed by atoms with E-state index >= 15 is 0 Å². The predicted molar refractivity (Wildman–Crippen MR) is 85.5 cm³/mol. The molecule has 6 nitrogen and oxygen atoms in total. The third-order valence-electron chi connectivity index (χ3n) is 2.82. The van der Waals surface area contributed by atoms with Crippen molar-refractivity contribution in [3.8, 4) is 10.0 Å². The van der Waals surface area contributed by atoms with Gasteiger partial charge in [0.2, 0.25) is 0 Å². The van der Waals surface area contributed by atoms with Gasteiger partial charge in [0.25, 0.3) is 0 Å². The van der Waals surface area contributed by atoms with Crippen LogP contribution in [0.5, 0.6) is 0 Å². The zero-order valence-electron chi connectivity index (χ0n) is 11.8. The van der Waals surface area contributed by atoms with Gasteiger partial charge in [0.1, 0.15) is 0 Å². The van der Waals surface area contributed by atoms with E-state index in [1.807, 2.05) is 27.7 Å². The Morgan fingerprint density at radius 3 is 1.50 bits per heavy atom. The fourth-order valence-electron chi connectivity index (χ4n) is 1.76. The number of hydrazone groups is 2. The van der Waals surface area contributed by atoms with E-state index in [1.165, 1.54) is 0 Å². The van der Waals surface area contributed by atoms with Crippen molar-refractivity contribution in [1.82, 2.24) is 9.97 Å². The first kappa shape index (κ1) is 14.6. The quantitative estimate of drug-likeness (QED) is 0.515. The molecule has 2 aromatic heterocycles. The van der Waals surface area contributed by atoms with Crippen LogP contribution in [0.1, 0.15) is 35.0 Å². The Hall–Kier alpha value is -1.80. The standard InChI is InChI=1S/C12H16N6S2/c1-5-9(7(3)17-13)19-11(15-5)12-16-6(2)10(20-12)8(4)18-14/h13-14H2,1-4H3/b17-7-,18-8-. The zero-order chi connectivity index (χ0) is 14.9. The number of nitrogens with zero attached hydrogens (tertiary/aromatic N) is 4. The van der Waals surface area contributed by atoms with E-state index in [-0.39, 0.29) is 0 Å². The molecule has 0 aliphatic rings. The molecule has 20 heavy (non-hydrogen) atoms. The molecule has 0 saturated carbocycles. The summed E-state index contributed by atoms with van der Waals surface area (Å²) in [4.78, 5) is 11.1. The van der Waals surface area contributed by atoms with E-state index in [2.05, 4.69) is 20.2 Å². The second kappa shape index (κ2) is 5.68. The van der Waals surface area contributed by atoms with E-state index in [9.17, 15) is 0 Å². The molecule has 0 spiro atoms. The zero-order valence-corrected chi connectivity index (χ0v) is 13.4. The van der Waals surface area contributed by atoms with Crippen molar-refractivity contribution in [2.45, 2.75) is 27.7 Å². The van der Waals surface area contributed by atoms with Crippen LogP contribution in [-0.4, -0.2) is 21.4 Å². The summed E-state index contributed by atoms with van der Waals surface area (Å²) in [6.45, 7) is 7.62. The highest BCUT2D eigenvalue weighted by molar-refractivity contribution is 7.23. The van der Waals surface area contributed by atoms with Gasteiger partial charge in [0.05, 0.1) is 32.6 Å². The maximum atomic E-state index is 5.33. The average Bonchev–Trinajstić information content (AvgIpc) is 3.00. The van der Waals surface area contributed by atoms with E-state index in [0.29, 0.717) is 0 Å². The molecule has 0 bridgehead atoms. The third kappa shape index (κ3) is 2.56. The number of thiazole rings is 2. The second-order valence-electron chi connectivity index (χ2n) is 4.30. The van der Waals surface area contributed by atoms with Gasteiger partial charge in [-0.3, -0.25) is 0 Å². The molecular formula is C12H16N6S2. The van der Waals surface area contributed by atoms with Crippen molar-refractivity contribution in [1.29, 1.82) is 0 Å². The number of nitrogens with two attached hydrogens (primary N) is 2. The lowest BCUT2D eigenvalue weighted by atomic mass is 10.3. The summed E-state index contributed by atoms with van der Waals surface area (Å²) in [5.74, 6) is 10.7. The number of rotatable bonds is 3. The molecule has 0 aromatic carbocycles. The Labute approximate surface area is 125 Å². The Balaban J connectivity index is 2.48. The van der Waals surface area contributed by atoms with Crippen LogP contribution in [0, 0.1) is 13.8 Å². The van der Waals surface area contributed by atoms with Crippen molar-refractivity contribution >= 4 is 34.1 Å². The molecule has 4 N–H and O–H groups in total. The first-order valence-electron chi connectivity index (χ1n) is 5.92. The lowest BCUT2D eigenvalue weighted by Gasteiger charge is -1.92. The maximum Gasteiger partial charge on any atom is 0.153 e. The Morgan fingerprint density at radius 1 is 0.850 bits per heavy atom. The lowest BCUT2D eigenvalue weighted by molar-refractivity contribution is 1.20. The fraction of sp³-hybridized carbons (Fsp3) is 0.333. The van der Waals surface area contributed by atoms with Gasteiger partial charge < -0.3 is 11.7 Å². The van der Waals surface area contributed by atoms with Crippen LogP contribution in [0.15, 0.2) is 10.2 Å². The van der Waals surface area contributed by atoms with Crippen LogP contribution in [-0.2, 0) is 0 Å². The summed E-state index contributed by atoms with van der Waals surface area (Å²) in [5.41, 5.74) is 3.38. The van der Waals surface area contributed by atoms with E-state index in [1.54, 1.807) is 22.7 Å². The lowest BCUT2D eigenvalue weighted by Crippen LogP contribution is -1.97. The summed E-state index contributed by atoms with van der Waals surface area (Å²) >= 11 is 3.08. The summed E-state index contributed by atoms with van der Waals surface area (Å²) in [7, 11) is 0. The second-order valence-corrected chi connectivity index (χ2v) is 6.29. The molecular weight excluding hydrogens is 292 g/mol. The molecule has 0 radical (unpaired) electrons. The minimum Gasteiger partial charge on any atom is -0.323 e. The average molecular weight is 308 g/mol. The van der Waals surface area contributed by atoms with Gasteiger partial charge >= 0.3 is 0 Å². The molecule has 0 aliphatic carbocycles. The van der Waals surface area contributed by atoms with Crippen LogP contribution in [0.3, 0.4) is 0 Å². The van der Waals surface area contributed by atoms with Crippen LogP contribution in [0.25, 0.3) is 10.0 Å². The molecule has 106 valence electrons. The van der Waals surface area contributed by atoms with Crippen LogP contribution in [0.4, 0.5) is 0 Å². The first-order valence-corrected chi connectivity index (χ1v) is 7.56. The van der Waals surface area contributed by atoms with Crippen LogP contribution < -0.4 is 11.7 Å². The van der Waals surface area contributed by atoms with Gasteiger partial charge in [-0.2, -0.15) is 10.2 Å². The van der Waals surface area contributed by atoms with Crippen molar-refractivity contribution in [2.75, 3.05) is 0 Å². The highest BCUT2D eigenvalue weighted by Crippen LogP contribution is 2.33. The Kier molecular flexibility index (Phi) is 4.15. The number of hydrogen-bond acceptors (Lipinski definition) is 8. The molecule has 0 saturated heterocycles. The van der Waals surface area contributed by atoms with Crippen molar-refractivity contribution in [2.24, 2.45) is 21.9 Å². The largest absolute Gasteiger partial charge is 0.323 e. The summed E-state index contributed by atoms with van der Waals surface area (Å²) in [5, 5.41) is 9.18. The minimum absolute atomic E-state index is 0.777. The molecule has 0 unspecified atom stereocenters. The van der Waals surface area contributed by atoms with Gasteiger partial charge in [-0.15, -0.1) is 22.7 Å². The van der Waals surface area contributed by atoms with Gasteiger partial charge in [-0.25, -0.2) is 9.97 Å². The molecule has 2 heterocycles. The number of aromatic nitrogens is 2.